The third-order valence-electron chi connectivity index (χ3n) is 4.07. The summed E-state index contributed by atoms with van der Waals surface area (Å²) < 4.78 is 0. The molecule has 7 heteroatoms. The first-order valence-corrected chi connectivity index (χ1v) is 8.74. The van der Waals surface area contributed by atoms with Gasteiger partial charge < -0.3 is 10.6 Å². The number of rotatable bonds is 6. The molecule has 2 amide bonds. The second-order valence-corrected chi connectivity index (χ2v) is 6.20. The number of carbonyl (C=O) groups is 2. The van der Waals surface area contributed by atoms with E-state index in [1.54, 1.807) is 42.7 Å². The molecule has 3 aromatic rings. The number of nitrogens with one attached hydrogen (secondary N) is 3. The largest absolute Gasteiger partial charge is 0.322 e. The lowest BCUT2D eigenvalue weighted by atomic mass is 10.1. The summed E-state index contributed by atoms with van der Waals surface area (Å²) in [5.41, 5.74) is 3.87. The predicted octanol–water partition coefficient (Wildman–Crippen LogP) is 3.57. The van der Waals surface area contributed by atoms with Crippen LogP contribution in [0.5, 0.6) is 0 Å². The van der Waals surface area contributed by atoms with Gasteiger partial charge >= 0.3 is 0 Å². The zero-order valence-corrected chi connectivity index (χ0v) is 15.2. The van der Waals surface area contributed by atoms with Crippen molar-refractivity contribution in [3.8, 4) is 0 Å². The minimum atomic E-state index is -0.302. The van der Waals surface area contributed by atoms with Crippen LogP contribution in [0.2, 0.25) is 0 Å². The summed E-state index contributed by atoms with van der Waals surface area (Å²) in [4.78, 5) is 28.6. The van der Waals surface area contributed by atoms with E-state index < -0.39 is 0 Å². The first-order valence-electron chi connectivity index (χ1n) is 8.74. The highest BCUT2D eigenvalue weighted by atomic mass is 16.2. The second kappa shape index (κ2) is 8.27. The van der Waals surface area contributed by atoms with E-state index >= 15 is 0 Å². The van der Waals surface area contributed by atoms with Crippen molar-refractivity contribution in [1.82, 2.24) is 15.2 Å². The average Bonchev–Trinajstić information content (AvgIpc) is 3.14. The number of hydrogen-bond acceptors (Lipinski definition) is 4. The van der Waals surface area contributed by atoms with E-state index in [-0.39, 0.29) is 11.8 Å². The molecule has 138 valence electrons. The number of nitrogens with zero attached hydrogens (tertiary/aromatic N) is 2. The summed E-state index contributed by atoms with van der Waals surface area (Å²) in [6.07, 6.45) is 4.95. The molecular formula is C20H21N5O2. The van der Waals surface area contributed by atoms with E-state index in [0.717, 1.165) is 24.1 Å². The van der Waals surface area contributed by atoms with Gasteiger partial charge in [0, 0.05) is 35.0 Å². The van der Waals surface area contributed by atoms with Crippen LogP contribution in [0.25, 0.3) is 0 Å². The van der Waals surface area contributed by atoms with Gasteiger partial charge in [0.2, 0.25) is 0 Å². The lowest BCUT2D eigenvalue weighted by Crippen LogP contribution is -2.15. The summed E-state index contributed by atoms with van der Waals surface area (Å²) in [6.45, 7) is 3.95. The Morgan fingerprint density at radius 3 is 2.56 bits per heavy atom. The van der Waals surface area contributed by atoms with Crippen LogP contribution in [0.3, 0.4) is 0 Å². The molecule has 0 aliphatic carbocycles. The zero-order valence-electron chi connectivity index (χ0n) is 15.2. The van der Waals surface area contributed by atoms with Crippen molar-refractivity contribution in [2.45, 2.75) is 26.7 Å². The van der Waals surface area contributed by atoms with Gasteiger partial charge in [0.1, 0.15) is 0 Å². The first-order chi connectivity index (χ1) is 13.1. The number of hydrogen-bond donors (Lipinski definition) is 3. The third kappa shape index (κ3) is 4.58. The number of H-pyrrole nitrogens is 1. The maximum atomic E-state index is 12.4. The fourth-order valence-corrected chi connectivity index (χ4v) is 2.60. The maximum Gasteiger partial charge on any atom is 0.276 e. The summed E-state index contributed by atoms with van der Waals surface area (Å²) in [5.74, 6) is -0.538. The molecule has 0 saturated carbocycles. The number of pyridine rings is 1. The molecule has 0 fully saturated rings. The number of aromatic amines is 1. The van der Waals surface area contributed by atoms with Crippen LogP contribution in [0.4, 0.5) is 11.4 Å². The van der Waals surface area contributed by atoms with Gasteiger partial charge in [-0.3, -0.25) is 19.7 Å². The fourth-order valence-electron chi connectivity index (χ4n) is 2.60. The van der Waals surface area contributed by atoms with Crippen LogP contribution in [-0.4, -0.2) is 27.0 Å². The standard InChI is InChI=1S/C20H21N5O2/c1-3-4-16-12-18(25-24-16)20(27)22-15-6-5-13(2)17(11-15)23-19(26)14-7-9-21-10-8-14/h5-12H,3-4H2,1-2H3,(H,22,27)(H,23,26)(H,24,25). The van der Waals surface area contributed by atoms with Crippen molar-refractivity contribution < 1.29 is 9.59 Å². The molecule has 0 saturated heterocycles. The van der Waals surface area contributed by atoms with Gasteiger partial charge in [-0.05, 0) is 49.2 Å². The molecule has 0 aliphatic rings. The Hall–Kier alpha value is -3.48. The summed E-state index contributed by atoms with van der Waals surface area (Å²) in [5, 5.41) is 12.6. The number of benzene rings is 1. The van der Waals surface area contributed by atoms with Crippen LogP contribution in [0, 0.1) is 6.92 Å². The molecule has 0 bridgehead atoms. The van der Waals surface area contributed by atoms with Gasteiger partial charge in [-0.1, -0.05) is 19.4 Å². The Bertz CT molecular complexity index is 950. The summed E-state index contributed by atoms with van der Waals surface area (Å²) in [6, 6.07) is 10.4. The molecule has 2 aromatic heterocycles. The van der Waals surface area contributed by atoms with Crippen LogP contribution in [-0.2, 0) is 6.42 Å². The van der Waals surface area contributed by atoms with E-state index in [1.807, 2.05) is 13.0 Å². The number of anilines is 2. The maximum absolute atomic E-state index is 12.4. The minimum Gasteiger partial charge on any atom is -0.322 e. The van der Waals surface area contributed by atoms with Crippen LogP contribution >= 0.6 is 0 Å². The normalized spacial score (nSPS) is 10.4. The molecule has 0 radical (unpaired) electrons. The van der Waals surface area contributed by atoms with Crippen molar-refractivity contribution in [2.24, 2.45) is 0 Å². The third-order valence-corrected chi connectivity index (χ3v) is 4.07. The van der Waals surface area contributed by atoms with E-state index in [0.29, 0.717) is 22.6 Å². The SMILES string of the molecule is CCCc1cc(C(=O)Nc2ccc(C)c(NC(=O)c3ccncc3)c2)n[nH]1. The van der Waals surface area contributed by atoms with Crippen molar-refractivity contribution in [2.75, 3.05) is 10.6 Å². The molecule has 7 nitrogen and oxygen atoms in total. The minimum absolute atomic E-state index is 0.236. The molecule has 1 aromatic carbocycles. The predicted molar refractivity (Wildman–Crippen MR) is 104 cm³/mol. The highest BCUT2D eigenvalue weighted by molar-refractivity contribution is 6.06. The monoisotopic (exact) mass is 363 g/mol. The highest BCUT2D eigenvalue weighted by Gasteiger charge is 2.12. The lowest BCUT2D eigenvalue weighted by Gasteiger charge is -2.11. The molecule has 0 aliphatic heterocycles. The van der Waals surface area contributed by atoms with Crippen molar-refractivity contribution in [1.29, 1.82) is 0 Å². The van der Waals surface area contributed by atoms with E-state index in [4.69, 9.17) is 0 Å². The van der Waals surface area contributed by atoms with Gasteiger partial charge in [0.15, 0.2) is 5.69 Å². The Kier molecular flexibility index (Phi) is 5.61. The molecule has 3 N–H and O–H groups in total. The van der Waals surface area contributed by atoms with Gasteiger partial charge in [-0.15, -0.1) is 0 Å². The van der Waals surface area contributed by atoms with Gasteiger partial charge in [-0.2, -0.15) is 5.10 Å². The number of carbonyl (C=O) groups excluding carboxylic acids is 2. The van der Waals surface area contributed by atoms with Crippen LogP contribution in [0.15, 0.2) is 48.8 Å². The highest BCUT2D eigenvalue weighted by Crippen LogP contribution is 2.21. The van der Waals surface area contributed by atoms with Crippen molar-refractivity contribution in [3.63, 3.8) is 0 Å². The van der Waals surface area contributed by atoms with Gasteiger partial charge in [-0.25, -0.2) is 0 Å². The Balaban J connectivity index is 1.72. The topological polar surface area (TPSA) is 99.8 Å². The Morgan fingerprint density at radius 1 is 1.04 bits per heavy atom. The van der Waals surface area contributed by atoms with E-state index in [9.17, 15) is 9.59 Å². The molecule has 3 rings (SSSR count). The van der Waals surface area contributed by atoms with Gasteiger partial charge in [0.05, 0.1) is 0 Å². The second-order valence-electron chi connectivity index (χ2n) is 6.20. The molecule has 0 spiro atoms. The fraction of sp³-hybridized carbons (Fsp3) is 0.200. The molecule has 0 atom stereocenters. The van der Waals surface area contributed by atoms with E-state index in [1.165, 1.54) is 0 Å². The van der Waals surface area contributed by atoms with Crippen LogP contribution in [0.1, 0.15) is 45.4 Å². The van der Waals surface area contributed by atoms with Crippen molar-refractivity contribution >= 4 is 23.2 Å². The molecular weight excluding hydrogens is 342 g/mol. The lowest BCUT2D eigenvalue weighted by molar-refractivity contribution is 0.101. The molecule has 27 heavy (non-hydrogen) atoms. The average molecular weight is 363 g/mol. The quantitative estimate of drug-likeness (QED) is 0.623. The number of amides is 2. The zero-order chi connectivity index (χ0) is 19.2. The number of aryl methyl sites for hydroxylation is 2. The van der Waals surface area contributed by atoms with Gasteiger partial charge in [0.25, 0.3) is 11.8 Å². The van der Waals surface area contributed by atoms with Crippen LogP contribution < -0.4 is 10.6 Å². The Morgan fingerprint density at radius 2 is 1.81 bits per heavy atom. The summed E-state index contributed by atoms with van der Waals surface area (Å²) >= 11 is 0. The number of aromatic nitrogens is 3. The molecule has 0 unspecified atom stereocenters. The molecule has 2 heterocycles. The summed E-state index contributed by atoms with van der Waals surface area (Å²) in [7, 11) is 0. The van der Waals surface area contributed by atoms with Crippen molar-refractivity contribution in [3.05, 3.63) is 71.3 Å². The Labute approximate surface area is 157 Å². The first kappa shape index (κ1) is 18.3. The van der Waals surface area contributed by atoms with E-state index in [2.05, 4.69) is 32.7 Å². The smallest absolute Gasteiger partial charge is 0.276 e.